The van der Waals surface area contributed by atoms with E-state index in [9.17, 15) is 9.18 Å². The highest BCUT2D eigenvalue weighted by molar-refractivity contribution is 5.79. The van der Waals surface area contributed by atoms with Gasteiger partial charge >= 0.3 is 0 Å². The Hall–Kier alpha value is -1.97. The number of carbonyl (C=O) groups excluding carboxylic acids is 1. The molecule has 1 aromatic heterocycles. The van der Waals surface area contributed by atoms with Gasteiger partial charge in [0.1, 0.15) is 5.82 Å². The maximum absolute atomic E-state index is 13.3. The van der Waals surface area contributed by atoms with Gasteiger partial charge in [0, 0.05) is 17.8 Å². The molecule has 4 heteroatoms. The minimum Gasteiger partial charge on any atom is -0.298 e. The summed E-state index contributed by atoms with van der Waals surface area (Å²) in [6.45, 7) is 5.98. The first kappa shape index (κ1) is 12.5. The predicted molar refractivity (Wildman–Crippen MR) is 68.1 cm³/mol. The van der Waals surface area contributed by atoms with Crippen molar-refractivity contribution in [1.82, 2.24) is 9.78 Å². The van der Waals surface area contributed by atoms with Crippen molar-refractivity contribution in [1.29, 1.82) is 0 Å². The Labute approximate surface area is 105 Å². The second-order valence-corrected chi connectivity index (χ2v) is 4.56. The molecule has 0 aliphatic rings. The van der Waals surface area contributed by atoms with Gasteiger partial charge in [0.2, 0.25) is 0 Å². The maximum Gasteiger partial charge on any atom is 0.153 e. The molecular formula is C14H15FN2O. The fraction of sp³-hybridized carbons (Fsp3) is 0.286. The van der Waals surface area contributed by atoms with Crippen molar-refractivity contribution in [3.05, 3.63) is 41.5 Å². The van der Waals surface area contributed by atoms with Crippen molar-refractivity contribution >= 4 is 6.29 Å². The summed E-state index contributed by atoms with van der Waals surface area (Å²) in [5.74, 6) is -0.498. The molecule has 0 radical (unpaired) electrons. The van der Waals surface area contributed by atoms with Crippen LogP contribution in [-0.4, -0.2) is 16.1 Å². The summed E-state index contributed by atoms with van der Waals surface area (Å²) < 4.78 is 15.1. The molecule has 0 spiro atoms. The lowest BCUT2D eigenvalue weighted by Crippen LogP contribution is -2.00. The molecule has 0 saturated carbocycles. The molecule has 0 aliphatic heterocycles. The SMILES string of the molecule is Cc1nn(C(C)C)cc1-c1ccc(F)c(C=O)c1. The zero-order valence-electron chi connectivity index (χ0n) is 10.6. The standard InChI is InChI=1S/C14H15FN2O/c1-9(2)17-7-13(10(3)16-17)11-4-5-14(15)12(6-11)8-18/h4-9H,1-3H3. The summed E-state index contributed by atoms with van der Waals surface area (Å²) in [4.78, 5) is 10.7. The van der Waals surface area contributed by atoms with Crippen LogP contribution < -0.4 is 0 Å². The van der Waals surface area contributed by atoms with Crippen LogP contribution in [0.15, 0.2) is 24.4 Å². The lowest BCUT2D eigenvalue weighted by molar-refractivity contribution is 0.112. The summed E-state index contributed by atoms with van der Waals surface area (Å²) in [5, 5.41) is 4.40. The van der Waals surface area contributed by atoms with Crippen molar-refractivity contribution in [2.45, 2.75) is 26.8 Å². The minimum absolute atomic E-state index is 0.0733. The van der Waals surface area contributed by atoms with E-state index in [4.69, 9.17) is 0 Å². The smallest absolute Gasteiger partial charge is 0.153 e. The number of halogens is 1. The first-order valence-electron chi connectivity index (χ1n) is 5.83. The van der Waals surface area contributed by atoms with Crippen molar-refractivity contribution in [3.8, 4) is 11.1 Å². The zero-order valence-corrected chi connectivity index (χ0v) is 10.6. The summed E-state index contributed by atoms with van der Waals surface area (Å²) >= 11 is 0. The van der Waals surface area contributed by atoms with Crippen LogP contribution in [0.25, 0.3) is 11.1 Å². The Balaban J connectivity index is 2.51. The highest BCUT2D eigenvalue weighted by atomic mass is 19.1. The summed E-state index contributed by atoms with van der Waals surface area (Å²) in [6, 6.07) is 4.79. The second kappa shape index (κ2) is 4.72. The van der Waals surface area contributed by atoms with E-state index >= 15 is 0 Å². The van der Waals surface area contributed by atoms with Crippen LogP contribution >= 0.6 is 0 Å². The number of benzene rings is 1. The van der Waals surface area contributed by atoms with E-state index < -0.39 is 5.82 Å². The molecule has 0 unspecified atom stereocenters. The number of carbonyl (C=O) groups is 1. The Morgan fingerprint density at radius 2 is 2.11 bits per heavy atom. The summed E-state index contributed by atoms with van der Waals surface area (Å²) in [5.41, 5.74) is 2.67. The first-order chi connectivity index (χ1) is 8.52. The van der Waals surface area contributed by atoms with Crippen molar-refractivity contribution in [2.24, 2.45) is 0 Å². The fourth-order valence-corrected chi connectivity index (χ4v) is 1.83. The Morgan fingerprint density at radius 1 is 1.39 bits per heavy atom. The van der Waals surface area contributed by atoms with Gasteiger partial charge in [0.15, 0.2) is 6.29 Å². The Bertz CT molecular complexity index is 587. The number of hydrogen-bond acceptors (Lipinski definition) is 2. The van der Waals surface area contributed by atoms with Gasteiger partial charge in [-0.15, -0.1) is 0 Å². The van der Waals surface area contributed by atoms with Gasteiger partial charge in [-0.3, -0.25) is 9.48 Å². The average molecular weight is 246 g/mol. The van der Waals surface area contributed by atoms with Crippen LogP contribution in [-0.2, 0) is 0 Å². The molecule has 0 atom stereocenters. The number of aryl methyl sites for hydroxylation is 1. The highest BCUT2D eigenvalue weighted by Crippen LogP contribution is 2.25. The molecule has 3 nitrogen and oxygen atoms in total. The van der Waals surface area contributed by atoms with Crippen LogP contribution in [0, 0.1) is 12.7 Å². The monoisotopic (exact) mass is 246 g/mol. The quantitative estimate of drug-likeness (QED) is 0.778. The van der Waals surface area contributed by atoms with Crippen molar-refractivity contribution < 1.29 is 9.18 Å². The average Bonchev–Trinajstić information content (AvgIpc) is 2.72. The van der Waals surface area contributed by atoms with E-state index in [2.05, 4.69) is 5.10 Å². The van der Waals surface area contributed by atoms with E-state index in [1.54, 1.807) is 12.1 Å². The highest BCUT2D eigenvalue weighted by Gasteiger charge is 2.11. The topological polar surface area (TPSA) is 34.9 Å². The van der Waals surface area contributed by atoms with Crippen LogP contribution in [0.5, 0.6) is 0 Å². The van der Waals surface area contributed by atoms with E-state index in [0.717, 1.165) is 16.8 Å². The predicted octanol–water partition coefficient (Wildman–Crippen LogP) is 3.39. The molecule has 1 heterocycles. The number of hydrogen-bond donors (Lipinski definition) is 0. The molecule has 0 saturated heterocycles. The third-order valence-electron chi connectivity index (χ3n) is 2.88. The van der Waals surface area contributed by atoms with Gasteiger partial charge < -0.3 is 0 Å². The number of nitrogens with zero attached hydrogens (tertiary/aromatic N) is 2. The Kier molecular flexibility index (Phi) is 3.28. The van der Waals surface area contributed by atoms with Gasteiger partial charge in [-0.05, 0) is 38.5 Å². The third kappa shape index (κ3) is 2.18. The fourth-order valence-electron chi connectivity index (χ4n) is 1.83. The molecule has 2 rings (SSSR count). The van der Waals surface area contributed by atoms with Crippen LogP contribution in [0.2, 0.25) is 0 Å². The van der Waals surface area contributed by atoms with Crippen LogP contribution in [0.3, 0.4) is 0 Å². The summed E-state index contributed by atoms with van der Waals surface area (Å²) in [7, 11) is 0. The molecule has 0 bridgehead atoms. The van der Waals surface area contributed by atoms with Gasteiger partial charge in [-0.2, -0.15) is 5.10 Å². The van der Waals surface area contributed by atoms with Gasteiger partial charge in [-0.25, -0.2) is 4.39 Å². The van der Waals surface area contributed by atoms with Gasteiger partial charge in [0.25, 0.3) is 0 Å². The molecule has 94 valence electrons. The zero-order chi connectivity index (χ0) is 13.3. The minimum atomic E-state index is -0.498. The molecule has 1 aromatic carbocycles. The number of aldehydes is 1. The van der Waals surface area contributed by atoms with Crippen molar-refractivity contribution in [3.63, 3.8) is 0 Å². The number of rotatable bonds is 3. The molecule has 0 N–H and O–H groups in total. The molecule has 0 amide bonds. The summed E-state index contributed by atoms with van der Waals surface area (Å²) in [6.07, 6.45) is 2.45. The van der Waals surface area contributed by atoms with Gasteiger partial charge in [-0.1, -0.05) is 6.07 Å². The van der Waals surface area contributed by atoms with Crippen molar-refractivity contribution in [2.75, 3.05) is 0 Å². The van der Waals surface area contributed by atoms with E-state index in [0.29, 0.717) is 6.29 Å². The number of aromatic nitrogens is 2. The first-order valence-corrected chi connectivity index (χ1v) is 5.83. The lowest BCUT2D eigenvalue weighted by atomic mass is 10.0. The molecular weight excluding hydrogens is 231 g/mol. The largest absolute Gasteiger partial charge is 0.298 e. The Morgan fingerprint density at radius 3 is 2.67 bits per heavy atom. The van der Waals surface area contributed by atoms with Gasteiger partial charge in [0.05, 0.1) is 11.3 Å². The third-order valence-corrected chi connectivity index (χ3v) is 2.88. The molecule has 0 fully saturated rings. The van der Waals surface area contributed by atoms with E-state index in [1.807, 2.05) is 31.6 Å². The van der Waals surface area contributed by atoms with Crippen LogP contribution in [0.4, 0.5) is 4.39 Å². The van der Waals surface area contributed by atoms with Crippen LogP contribution in [0.1, 0.15) is 35.9 Å². The molecule has 0 aliphatic carbocycles. The van der Waals surface area contributed by atoms with E-state index in [1.165, 1.54) is 6.07 Å². The molecule has 2 aromatic rings. The second-order valence-electron chi connectivity index (χ2n) is 4.56. The van der Waals surface area contributed by atoms with E-state index in [-0.39, 0.29) is 11.6 Å². The maximum atomic E-state index is 13.3. The lowest BCUT2D eigenvalue weighted by Gasteiger charge is -2.03. The normalized spacial score (nSPS) is 10.9. The molecule has 18 heavy (non-hydrogen) atoms.